The van der Waals surface area contributed by atoms with E-state index in [9.17, 15) is 9.59 Å². The van der Waals surface area contributed by atoms with Crippen molar-refractivity contribution in [2.24, 2.45) is 0 Å². The van der Waals surface area contributed by atoms with Crippen LogP contribution < -0.4 is 14.8 Å². The molecule has 6 heteroatoms. The molecule has 0 fully saturated rings. The zero-order valence-corrected chi connectivity index (χ0v) is 15.1. The van der Waals surface area contributed by atoms with Crippen molar-refractivity contribution >= 4 is 18.0 Å². The Bertz CT molecular complexity index is 842. The molecule has 0 saturated heterocycles. The average molecular weight is 367 g/mol. The molecule has 0 aromatic heterocycles. The predicted molar refractivity (Wildman–Crippen MR) is 101 cm³/mol. The van der Waals surface area contributed by atoms with E-state index in [1.165, 1.54) is 0 Å². The van der Waals surface area contributed by atoms with Crippen LogP contribution in [0, 0.1) is 0 Å². The fourth-order valence-corrected chi connectivity index (χ4v) is 2.65. The van der Waals surface area contributed by atoms with E-state index in [-0.39, 0.29) is 19.1 Å². The van der Waals surface area contributed by atoms with Crippen LogP contribution in [0.2, 0.25) is 0 Å². The maximum atomic E-state index is 12.1. The minimum Gasteiger partial charge on any atom is -0.497 e. The number of hydrogen-bond donors (Lipinski definition) is 1. The van der Waals surface area contributed by atoms with E-state index in [1.54, 1.807) is 13.2 Å². The first-order valence-electron chi connectivity index (χ1n) is 8.65. The molecule has 3 rings (SSSR count). The number of methoxy groups -OCH3 is 1. The standard InChI is InChI=1S/C21H21NO5/c1-25-18-8-6-15(7-9-18)10-11-22-20(23)14-27-21(24)17-12-16-4-2-3-5-19(16)26-13-17/h2-9,12H,10-11,13-14H2,1H3,(H,22,23). The molecule has 140 valence electrons. The number of ether oxygens (including phenoxy) is 3. The van der Waals surface area contributed by atoms with E-state index < -0.39 is 5.97 Å². The number of rotatable bonds is 7. The summed E-state index contributed by atoms with van der Waals surface area (Å²) in [6, 6.07) is 15.1. The van der Waals surface area contributed by atoms with Crippen LogP contribution >= 0.6 is 0 Å². The molecule has 0 radical (unpaired) electrons. The Morgan fingerprint density at radius 2 is 1.89 bits per heavy atom. The van der Waals surface area contributed by atoms with Gasteiger partial charge < -0.3 is 19.5 Å². The van der Waals surface area contributed by atoms with E-state index in [1.807, 2.05) is 48.5 Å². The maximum Gasteiger partial charge on any atom is 0.338 e. The van der Waals surface area contributed by atoms with E-state index in [0.717, 1.165) is 22.6 Å². The normalized spacial score (nSPS) is 12.3. The molecule has 1 heterocycles. The first-order valence-corrected chi connectivity index (χ1v) is 8.65. The number of hydrogen-bond acceptors (Lipinski definition) is 5. The van der Waals surface area contributed by atoms with Gasteiger partial charge in [0.15, 0.2) is 6.61 Å². The summed E-state index contributed by atoms with van der Waals surface area (Å²) in [7, 11) is 1.62. The fraction of sp³-hybridized carbons (Fsp3) is 0.238. The van der Waals surface area contributed by atoms with Crippen LogP contribution in [-0.4, -0.2) is 38.7 Å². The Labute approximate surface area is 157 Å². The van der Waals surface area contributed by atoms with Crippen LogP contribution in [0.15, 0.2) is 54.1 Å². The summed E-state index contributed by atoms with van der Waals surface area (Å²) in [4.78, 5) is 24.0. The Hall–Kier alpha value is -3.28. The number of amides is 1. The first kappa shape index (κ1) is 18.5. The van der Waals surface area contributed by atoms with Crippen molar-refractivity contribution in [2.45, 2.75) is 6.42 Å². The Kier molecular flexibility index (Phi) is 6.10. The summed E-state index contributed by atoms with van der Waals surface area (Å²) in [5.41, 5.74) is 2.29. The zero-order chi connectivity index (χ0) is 19.1. The van der Waals surface area contributed by atoms with Crippen molar-refractivity contribution in [2.75, 3.05) is 26.9 Å². The van der Waals surface area contributed by atoms with Gasteiger partial charge in [-0.1, -0.05) is 30.3 Å². The summed E-state index contributed by atoms with van der Waals surface area (Å²) >= 11 is 0. The number of benzene rings is 2. The minimum atomic E-state index is -0.546. The molecule has 2 aromatic rings. The van der Waals surface area contributed by atoms with Gasteiger partial charge in [0.05, 0.1) is 12.7 Å². The molecular formula is C21H21NO5. The van der Waals surface area contributed by atoms with Gasteiger partial charge >= 0.3 is 5.97 Å². The third kappa shape index (κ3) is 5.10. The summed E-state index contributed by atoms with van der Waals surface area (Å²) in [5.74, 6) is 0.632. The van der Waals surface area contributed by atoms with E-state index in [2.05, 4.69) is 5.32 Å². The second-order valence-corrected chi connectivity index (χ2v) is 6.02. The fourth-order valence-electron chi connectivity index (χ4n) is 2.65. The third-order valence-electron chi connectivity index (χ3n) is 4.12. The Balaban J connectivity index is 1.41. The number of carbonyl (C=O) groups is 2. The van der Waals surface area contributed by atoms with Crippen LogP contribution in [0.5, 0.6) is 11.5 Å². The minimum absolute atomic E-state index is 0.134. The number of para-hydroxylation sites is 1. The van der Waals surface area contributed by atoms with Gasteiger partial charge in [0, 0.05) is 12.1 Å². The molecule has 0 unspecified atom stereocenters. The predicted octanol–water partition coefficient (Wildman–Crippen LogP) is 2.37. The summed E-state index contributed by atoms with van der Waals surface area (Å²) < 4.78 is 15.7. The van der Waals surface area contributed by atoms with E-state index in [0.29, 0.717) is 18.5 Å². The lowest BCUT2D eigenvalue weighted by molar-refractivity contribution is -0.145. The molecular weight excluding hydrogens is 346 g/mol. The van der Waals surface area contributed by atoms with Crippen molar-refractivity contribution in [3.8, 4) is 11.5 Å². The van der Waals surface area contributed by atoms with Crippen LogP contribution in [0.25, 0.3) is 6.08 Å². The second-order valence-electron chi connectivity index (χ2n) is 6.02. The SMILES string of the molecule is COc1ccc(CCNC(=O)COC(=O)C2=Cc3ccccc3OC2)cc1. The quantitative estimate of drug-likeness (QED) is 0.761. The number of carbonyl (C=O) groups excluding carboxylic acids is 2. The molecule has 2 aromatic carbocycles. The van der Waals surface area contributed by atoms with Crippen LogP contribution in [0.4, 0.5) is 0 Å². The zero-order valence-electron chi connectivity index (χ0n) is 15.1. The molecule has 27 heavy (non-hydrogen) atoms. The van der Waals surface area contributed by atoms with Gasteiger partial charge in [-0.3, -0.25) is 4.79 Å². The molecule has 1 aliphatic rings. The molecule has 1 aliphatic heterocycles. The molecule has 0 bridgehead atoms. The Morgan fingerprint density at radius 3 is 2.67 bits per heavy atom. The summed E-state index contributed by atoms with van der Waals surface area (Å²) in [6.07, 6.45) is 2.40. The highest BCUT2D eigenvalue weighted by Crippen LogP contribution is 2.26. The van der Waals surface area contributed by atoms with Crippen molar-refractivity contribution < 1.29 is 23.8 Å². The van der Waals surface area contributed by atoms with Crippen LogP contribution in [0.1, 0.15) is 11.1 Å². The number of fused-ring (bicyclic) bond motifs is 1. The molecule has 1 amide bonds. The monoisotopic (exact) mass is 367 g/mol. The second kappa shape index (κ2) is 8.89. The highest BCUT2D eigenvalue weighted by molar-refractivity contribution is 5.96. The topological polar surface area (TPSA) is 73.9 Å². The lowest BCUT2D eigenvalue weighted by Gasteiger charge is -2.16. The van der Waals surface area contributed by atoms with Crippen molar-refractivity contribution in [3.05, 3.63) is 65.2 Å². The average Bonchev–Trinajstić information content (AvgIpc) is 2.72. The lowest BCUT2D eigenvalue weighted by atomic mass is 10.1. The molecule has 0 spiro atoms. The molecule has 6 nitrogen and oxygen atoms in total. The highest BCUT2D eigenvalue weighted by atomic mass is 16.5. The van der Waals surface area contributed by atoms with Gasteiger partial charge in [-0.2, -0.15) is 0 Å². The van der Waals surface area contributed by atoms with Gasteiger partial charge in [0.2, 0.25) is 0 Å². The van der Waals surface area contributed by atoms with Gasteiger partial charge in [-0.15, -0.1) is 0 Å². The maximum absolute atomic E-state index is 12.1. The smallest absolute Gasteiger partial charge is 0.338 e. The first-order chi connectivity index (χ1) is 13.2. The number of esters is 1. The van der Waals surface area contributed by atoms with Crippen LogP contribution in [0.3, 0.4) is 0 Å². The Morgan fingerprint density at radius 1 is 1.11 bits per heavy atom. The van der Waals surface area contributed by atoms with Gasteiger partial charge in [-0.25, -0.2) is 4.79 Å². The molecule has 0 saturated carbocycles. The summed E-state index contributed by atoms with van der Waals surface area (Å²) in [6.45, 7) is 0.275. The van der Waals surface area contributed by atoms with Crippen molar-refractivity contribution in [1.82, 2.24) is 5.32 Å². The van der Waals surface area contributed by atoms with E-state index in [4.69, 9.17) is 14.2 Å². The number of nitrogens with one attached hydrogen (secondary N) is 1. The molecule has 0 aliphatic carbocycles. The highest BCUT2D eigenvalue weighted by Gasteiger charge is 2.19. The van der Waals surface area contributed by atoms with E-state index >= 15 is 0 Å². The van der Waals surface area contributed by atoms with Gasteiger partial charge in [0.1, 0.15) is 18.1 Å². The largest absolute Gasteiger partial charge is 0.497 e. The van der Waals surface area contributed by atoms with Crippen molar-refractivity contribution in [1.29, 1.82) is 0 Å². The van der Waals surface area contributed by atoms with Crippen LogP contribution in [-0.2, 0) is 20.7 Å². The van der Waals surface area contributed by atoms with Crippen molar-refractivity contribution in [3.63, 3.8) is 0 Å². The van der Waals surface area contributed by atoms with Gasteiger partial charge in [-0.05, 0) is 36.3 Å². The molecule has 0 atom stereocenters. The van der Waals surface area contributed by atoms with Gasteiger partial charge in [0.25, 0.3) is 5.91 Å². The summed E-state index contributed by atoms with van der Waals surface area (Å²) in [5, 5.41) is 2.74. The lowest BCUT2D eigenvalue weighted by Crippen LogP contribution is -2.31. The molecule has 1 N–H and O–H groups in total. The third-order valence-corrected chi connectivity index (χ3v) is 4.12.